The summed E-state index contributed by atoms with van der Waals surface area (Å²) in [5, 5.41) is 11.4. The summed E-state index contributed by atoms with van der Waals surface area (Å²) in [5.41, 5.74) is 1.78. The minimum absolute atomic E-state index is 0.398. The molecule has 0 aliphatic rings. The Bertz CT molecular complexity index is 754. The van der Waals surface area contributed by atoms with Crippen LogP contribution in [0.3, 0.4) is 0 Å². The van der Waals surface area contributed by atoms with E-state index in [1.54, 1.807) is 37.4 Å². The average molecular weight is 293 g/mol. The standard InChI is InChI=1S/C16H11N3OS/c1-20-14-8-6-12(7-9-14)16(18-11-21)19-15-5-3-2-4-13(15)10-17/h2-9H,1H3. The Morgan fingerprint density at radius 2 is 1.86 bits per heavy atom. The van der Waals surface area contributed by atoms with E-state index in [-0.39, 0.29) is 0 Å². The molecule has 2 aromatic carbocycles. The predicted molar refractivity (Wildman–Crippen MR) is 85.4 cm³/mol. The van der Waals surface area contributed by atoms with Crippen LogP contribution in [0, 0.1) is 11.3 Å². The van der Waals surface area contributed by atoms with Crippen LogP contribution >= 0.6 is 12.2 Å². The molecule has 0 bridgehead atoms. The minimum Gasteiger partial charge on any atom is -0.497 e. The Hall–Kier alpha value is -2.80. The van der Waals surface area contributed by atoms with Crippen LogP contribution in [0.25, 0.3) is 0 Å². The predicted octanol–water partition coefficient (Wildman–Crippen LogP) is 3.75. The van der Waals surface area contributed by atoms with Gasteiger partial charge in [0.25, 0.3) is 0 Å². The molecule has 102 valence electrons. The van der Waals surface area contributed by atoms with Crippen LogP contribution < -0.4 is 4.74 Å². The highest BCUT2D eigenvalue weighted by molar-refractivity contribution is 7.78. The van der Waals surface area contributed by atoms with Crippen LogP contribution in [-0.2, 0) is 0 Å². The second kappa shape index (κ2) is 7.11. The number of para-hydroxylation sites is 1. The number of hydrogen-bond donors (Lipinski definition) is 0. The van der Waals surface area contributed by atoms with Gasteiger partial charge in [-0.15, -0.1) is 0 Å². The van der Waals surface area contributed by atoms with Crippen LogP contribution in [0.1, 0.15) is 11.1 Å². The summed E-state index contributed by atoms with van der Waals surface area (Å²) in [5.74, 6) is 1.14. The van der Waals surface area contributed by atoms with Crippen molar-refractivity contribution in [3.63, 3.8) is 0 Å². The fourth-order valence-electron chi connectivity index (χ4n) is 1.72. The van der Waals surface area contributed by atoms with Crippen molar-refractivity contribution in [2.45, 2.75) is 0 Å². The van der Waals surface area contributed by atoms with Crippen molar-refractivity contribution in [3.8, 4) is 11.8 Å². The molecule has 0 aromatic heterocycles. The molecule has 0 radical (unpaired) electrons. The molecule has 0 heterocycles. The summed E-state index contributed by atoms with van der Waals surface area (Å²) < 4.78 is 5.11. The summed E-state index contributed by atoms with van der Waals surface area (Å²) >= 11 is 4.67. The van der Waals surface area contributed by atoms with Gasteiger partial charge in [-0.05, 0) is 48.6 Å². The number of benzene rings is 2. The van der Waals surface area contributed by atoms with Gasteiger partial charge in [0.05, 0.1) is 23.5 Å². The number of isothiocyanates is 1. The fraction of sp³-hybridized carbons (Fsp3) is 0.0625. The molecule has 2 rings (SSSR count). The van der Waals surface area contributed by atoms with Crippen LogP contribution in [0.2, 0.25) is 0 Å². The third-order valence-corrected chi connectivity index (χ3v) is 2.84. The molecule has 4 nitrogen and oxygen atoms in total. The number of ether oxygens (including phenoxy) is 1. The zero-order valence-electron chi connectivity index (χ0n) is 11.3. The second-order valence-corrected chi connectivity index (χ2v) is 4.18. The highest BCUT2D eigenvalue weighted by Crippen LogP contribution is 2.20. The third kappa shape index (κ3) is 3.61. The molecule has 21 heavy (non-hydrogen) atoms. The molecule has 0 unspecified atom stereocenters. The highest BCUT2D eigenvalue weighted by Gasteiger charge is 2.05. The van der Waals surface area contributed by atoms with E-state index in [1.807, 2.05) is 18.2 Å². The van der Waals surface area contributed by atoms with E-state index in [0.717, 1.165) is 11.3 Å². The maximum atomic E-state index is 9.10. The van der Waals surface area contributed by atoms with Gasteiger partial charge in [-0.25, -0.2) is 4.99 Å². The molecule has 0 atom stereocenters. The lowest BCUT2D eigenvalue weighted by Crippen LogP contribution is -1.97. The summed E-state index contributed by atoms with van der Waals surface area (Å²) in [6.07, 6.45) is 0. The van der Waals surface area contributed by atoms with Crippen molar-refractivity contribution in [2.75, 3.05) is 7.11 Å². The van der Waals surface area contributed by atoms with Crippen molar-refractivity contribution in [2.24, 2.45) is 9.98 Å². The quantitative estimate of drug-likeness (QED) is 0.492. The Balaban J connectivity index is 2.49. The number of nitrogens with zero attached hydrogens (tertiary/aromatic N) is 3. The maximum Gasteiger partial charge on any atom is 0.170 e. The number of amidine groups is 1. The van der Waals surface area contributed by atoms with E-state index in [2.05, 4.69) is 33.4 Å². The van der Waals surface area contributed by atoms with Gasteiger partial charge in [-0.2, -0.15) is 10.3 Å². The smallest absolute Gasteiger partial charge is 0.170 e. The van der Waals surface area contributed by atoms with Gasteiger partial charge in [0, 0.05) is 5.56 Å². The Labute approximate surface area is 128 Å². The number of rotatable bonds is 3. The normalized spacial score (nSPS) is 10.4. The van der Waals surface area contributed by atoms with E-state index in [9.17, 15) is 0 Å². The Kier molecular flexibility index (Phi) is 4.94. The second-order valence-electron chi connectivity index (χ2n) is 4.00. The highest BCUT2D eigenvalue weighted by atomic mass is 32.1. The topological polar surface area (TPSA) is 57.7 Å². The average Bonchev–Trinajstić information content (AvgIpc) is 2.55. The van der Waals surface area contributed by atoms with Crippen molar-refractivity contribution >= 4 is 28.9 Å². The number of nitriles is 1. The van der Waals surface area contributed by atoms with Crippen molar-refractivity contribution < 1.29 is 4.74 Å². The van der Waals surface area contributed by atoms with Crippen LogP contribution in [-0.4, -0.2) is 18.1 Å². The molecule has 0 N–H and O–H groups in total. The molecule has 0 spiro atoms. The van der Waals surface area contributed by atoms with E-state index < -0.39 is 0 Å². The first-order chi connectivity index (χ1) is 10.3. The lowest BCUT2D eigenvalue weighted by Gasteiger charge is -2.03. The molecule has 0 saturated carbocycles. The van der Waals surface area contributed by atoms with Gasteiger partial charge < -0.3 is 4.74 Å². The van der Waals surface area contributed by atoms with Gasteiger partial charge in [0.15, 0.2) is 5.84 Å². The summed E-state index contributed by atoms with van der Waals surface area (Å²) in [7, 11) is 1.60. The third-order valence-electron chi connectivity index (χ3n) is 2.75. The molecule has 5 heteroatoms. The van der Waals surface area contributed by atoms with E-state index in [1.165, 1.54) is 0 Å². The largest absolute Gasteiger partial charge is 0.497 e. The lowest BCUT2D eigenvalue weighted by molar-refractivity contribution is 0.415. The van der Waals surface area contributed by atoms with Gasteiger partial charge in [-0.3, -0.25) is 0 Å². The molecule has 0 aliphatic heterocycles. The van der Waals surface area contributed by atoms with Crippen molar-refractivity contribution in [3.05, 3.63) is 59.7 Å². The summed E-state index contributed by atoms with van der Waals surface area (Å²) in [6, 6.07) is 16.4. The van der Waals surface area contributed by atoms with E-state index in [0.29, 0.717) is 17.1 Å². The van der Waals surface area contributed by atoms with Crippen LogP contribution in [0.15, 0.2) is 58.5 Å². The first-order valence-corrected chi connectivity index (χ1v) is 6.49. The molecular weight excluding hydrogens is 282 g/mol. The van der Waals surface area contributed by atoms with Gasteiger partial charge in [0.2, 0.25) is 0 Å². The van der Waals surface area contributed by atoms with Gasteiger partial charge >= 0.3 is 0 Å². The Morgan fingerprint density at radius 3 is 2.48 bits per heavy atom. The first-order valence-electron chi connectivity index (χ1n) is 6.08. The fourth-order valence-corrected chi connectivity index (χ4v) is 1.80. The van der Waals surface area contributed by atoms with Gasteiger partial charge in [-0.1, -0.05) is 12.1 Å². The SMILES string of the molecule is COc1ccc(C(N=C=S)=Nc2ccccc2C#N)cc1. The molecule has 0 amide bonds. The van der Waals surface area contributed by atoms with Crippen LogP contribution in [0.5, 0.6) is 5.75 Å². The summed E-state index contributed by atoms with van der Waals surface area (Å²) in [6.45, 7) is 0. The van der Waals surface area contributed by atoms with E-state index in [4.69, 9.17) is 10.00 Å². The number of thiocarbonyl (C=S) groups is 1. The number of methoxy groups -OCH3 is 1. The molecule has 2 aromatic rings. The molecular formula is C16H11N3OS. The zero-order valence-corrected chi connectivity index (χ0v) is 12.1. The van der Waals surface area contributed by atoms with E-state index >= 15 is 0 Å². The lowest BCUT2D eigenvalue weighted by atomic mass is 10.1. The number of aliphatic imine (C=N–C) groups is 2. The minimum atomic E-state index is 0.398. The van der Waals surface area contributed by atoms with Crippen molar-refractivity contribution in [1.82, 2.24) is 0 Å². The maximum absolute atomic E-state index is 9.10. The zero-order chi connectivity index (χ0) is 15.1. The monoisotopic (exact) mass is 293 g/mol. The Morgan fingerprint density at radius 1 is 1.14 bits per heavy atom. The molecule has 0 aliphatic carbocycles. The number of hydrogen-bond acceptors (Lipinski definition) is 4. The first kappa shape index (κ1) is 14.6. The van der Waals surface area contributed by atoms with Crippen LogP contribution in [0.4, 0.5) is 5.69 Å². The molecule has 0 saturated heterocycles. The molecule has 0 fully saturated rings. The van der Waals surface area contributed by atoms with Gasteiger partial charge in [0.1, 0.15) is 11.8 Å². The summed E-state index contributed by atoms with van der Waals surface area (Å²) in [4.78, 5) is 8.39. The van der Waals surface area contributed by atoms with Crippen molar-refractivity contribution in [1.29, 1.82) is 5.26 Å².